The molecule has 6 heterocycles. The molecule has 4 saturated heterocycles. The number of nitrogens with two attached hydrogens (primary N) is 1. The van der Waals surface area contributed by atoms with Crippen LogP contribution in [0.3, 0.4) is 0 Å². The summed E-state index contributed by atoms with van der Waals surface area (Å²) in [4.78, 5) is 76.1. The minimum absolute atomic E-state index is 0.0116. The molecule has 4 amide bonds. The maximum Gasteiger partial charge on any atom is 0.251 e. The Morgan fingerprint density at radius 3 is 2.30 bits per heavy atom. The number of benzene rings is 3. The average molecular weight is 1150 g/mol. The molecule has 3 aromatic carbocycles. The van der Waals surface area contributed by atoms with Crippen molar-refractivity contribution in [1.29, 1.82) is 0 Å². The molecule has 5 aliphatic rings. The zero-order valence-electron chi connectivity index (χ0n) is 47.0. The number of carbonyl (C=O) groups excluding carboxylic acids is 4. The fraction of sp³-hybridized carbons (Fsp3) is 0.548. The van der Waals surface area contributed by atoms with Crippen LogP contribution in [-0.2, 0) is 30.4 Å². The minimum atomic E-state index is -1.02. The van der Waals surface area contributed by atoms with Gasteiger partial charge in [0.05, 0.1) is 42.3 Å². The highest BCUT2D eigenvalue weighted by molar-refractivity contribution is 6.30. The molecule has 440 valence electrons. The predicted octanol–water partition coefficient (Wildman–Crippen LogP) is 7.80. The van der Waals surface area contributed by atoms with E-state index < -0.39 is 23.2 Å². The zero-order valence-corrected chi connectivity index (χ0v) is 47.7. The van der Waals surface area contributed by atoms with Crippen molar-refractivity contribution in [2.75, 3.05) is 83.6 Å². The van der Waals surface area contributed by atoms with Crippen LogP contribution in [0.1, 0.15) is 129 Å². The number of likely N-dealkylation sites (tertiary alicyclic amines) is 3. The molecule has 3 atom stereocenters. The summed E-state index contributed by atoms with van der Waals surface area (Å²) < 4.78 is 40.4. The number of aromatic nitrogens is 3. The van der Waals surface area contributed by atoms with Gasteiger partial charge in [0.25, 0.3) is 5.91 Å². The fourth-order valence-electron chi connectivity index (χ4n) is 12.8. The maximum atomic E-state index is 14.5. The number of halogens is 3. The normalized spacial score (nSPS) is 20.4. The van der Waals surface area contributed by atoms with E-state index in [1.807, 2.05) is 64.5 Å². The number of fused-ring (bicyclic) bond motifs is 1. The van der Waals surface area contributed by atoms with E-state index in [0.717, 1.165) is 124 Å². The quantitative estimate of drug-likeness (QED) is 0.0447. The third kappa shape index (κ3) is 15.2. The van der Waals surface area contributed by atoms with Crippen molar-refractivity contribution in [3.8, 4) is 0 Å². The summed E-state index contributed by atoms with van der Waals surface area (Å²) in [5, 5.41) is 11.1. The summed E-state index contributed by atoms with van der Waals surface area (Å²) in [5.74, 6) is -0.910. The third-order valence-electron chi connectivity index (χ3n) is 17.8. The number of ether oxygens (including phenoxy) is 2. The third-order valence-corrected chi connectivity index (χ3v) is 18.0. The Balaban J connectivity index is 0.639. The monoisotopic (exact) mass is 1150 g/mol. The first-order chi connectivity index (χ1) is 39.9. The van der Waals surface area contributed by atoms with Crippen molar-refractivity contribution >= 4 is 52.1 Å². The first-order valence-electron chi connectivity index (χ1n) is 29.8. The zero-order chi connectivity index (χ0) is 57.0. The SMILES string of the molecule is NC1(C(=O)N[C@@H](CCOCCN2CCC(OC3CCN(C(=O)[C@H](NC(=O)c4cccc(C5CCCN(C(=O)CNCc6ccc(F)cc6F)C5)c4)C4CCCCC4)CC3)CC2)c2ccc(Cl)cc2)CCN(c2ncnc3[nH]ccc23)CC1. The highest BCUT2D eigenvalue weighted by Crippen LogP contribution is 2.33. The van der Waals surface area contributed by atoms with Crippen LogP contribution in [0.2, 0.25) is 5.02 Å². The Kier molecular flexibility index (Phi) is 20.2. The lowest BCUT2D eigenvalue weighted by Gasteiger charge is -2.39. The topological polar surface area (TPSA) is 203 Å². The molecule has 6 N–H and O–H groups in total. The van der Waals surface area contributed by atoms with E-state index in [1.165, 1.54) is 12.1 Å². The van der Waals surface area contributed by atoms with Gasteiger partial charge in [-0.25, -0.2) is 18.7 Å². The van der Waals surface area contributed by atoms with Gasteiger partial charge in [0, 0.05) is 106 Å². The van der Waals surface area contributed by atoms with Gasteiger partial charge in [-0.1, -0.05) is 61.2 Å². The Morgan fingerprint density at radius 1 is 0.793 bits per heavy atom. The first-order valence-corrected chi connectivity index (χ1v) is 30.2. The molecule has 10 rings (SSSR count). The summed E-state index contributed by atoms with van der Waals surface area (Å²) in [6, 6.07) is 19.6. The van der Waals surface area contributed by atoms with Crippen molar-refractivity contribution in [3.05, 3.63) is 124 Å². The van der Waals surface area contributed by atoms with Crippen molar-refractivity contribution in [1.82, 2.24) is 45.6 Å². The molecule has 1 aliphatic carbocycles. The molecule has 0 bridgehead atoms. The molecule has 2 aromatic heterocycles. The van der Waals surface area contributed by atoms with Gasteiger partial charge in [0.2, 0.25) is 17.7 Å². The summed E-state index contributed by atoms with van der Waals surface area (Å²) in [5.41, 5.74) is 9.30. The van der Waals surface area contributed by atoms with Gasteiger partial charge in [-0.2, -0.15) is 0 Å². The van der Waals surface area contributed by atoms with E-state index >= 15 is 0 Å². The van der Waals surface area contributed by atoms with Crippen molar-refractivity contribution < 1.29 is 37.4 Å². The van der Waals surface area contributed by atoms with E-state index in [0.29, 0.717) is 87.9 Å². The lowest BCUT2D eigenvalue weighted by atomic mass is 9.83. The van der Waals surface area contributed by atoms with Crippen LogP contribution in [0.4, 0.5) is 14.6 Å². The highest BCUT2D eigenvalue weighted by atomic mass is 35.5. The van der Waals surface area contributed by atoms with Gasteiger partial charge in [-0.05, 0) is 124 Å². The number of carbonyl (C=O) groups is 4. The predicted molar refractivity (Wildman–Crippen MR) is 311 cm³/mol. The number of nitrogens with zero attached hydrogens (tertiary/aromatic N) is 6. The van der Waals surface area contributed by atoms with Crippen LogP contribution in [0.5, 0.6) is 0 Å². The molecule has 4 aliphatic heterocycles. The summed E-state index contributed by atoms with van der Waals surface area (Å²) in [6.07, 6.45) is 15.2. The molecule has 82 heavy (non-hydrogen) atoms. The minimum Gasteiger partial charge on any atom is -0.380 e. The van der Waals surface area contributed by atoms with E-state index in [1.54, 1.807) is 12.4 Å². The lowest BCUT2D eigenvalue weighted by Crippen LogP contribution is -2.60. The second kappa shape index (κ2) is 28.0. The van der Waals surface area contributed by atoms with Crippen molar-refractivity contribution in [2.45, 2.75) is 132 Å². The molecule has 0 radical (unpaired) electrons. The van der Waals surface area contributed by atoms with Crippen LogP contribution in [0, 0.1) is 17.6 Å². The maximum absolute atomic E-state index is 14.5. The van der Waals surface area contributed by atoms with E-state index in [2.05, 4.69) is 40.7 Å². The van der Waals surface area contributed by atoms with Gasteiger partial charge in [-0.15, -0.1) is 0 Å². The van der Waals surface area contributed by atoms with Crippen LogP contribution in [0.15, 0.2) is 85.3 Å². The molecule has 17 nitrogen and oxygen atoms in total. The van der Waals surface area contributed by atoms with E-state index in [-0.39, 0.29) is 66.8 Å². The van der Waals surface area contributed by atoms with Crippen molar-refractivity contribution in [2.24, 2.45) is 11.7 Å². The molecule has 5 aromatic rings. The van der Waals surface area contributed by atoms with Crippen LogP contribution in [0.25, 0.3) is 11.0 Å². The number of rotatable bonds is 21. The number of amides is 4. The number of nitrogens with one attached hydrogen (secondary N) is 4. The Bertz CT molecular complexity index is 2940. The second-order valence-corrected chi connectivity index (χ2v) is 23.7. The number of H-pyrrole nitrogens is 1. The summed E-state index contributed by atoms with van der Waals surface area (Å²) in [6.45, 7) is 7.24. The van der Waals surface area contributed by atoms with Crippen molar-refractivity contribution in [3.63, 3.8) is 0 Å². The Labute approximate surface area is 484 Å². The van der Waals surface area contributed by atoms with Gasteiger partial charge < -0.3 is 55.7 Å². The molecular weight excluding hydrogens is 1070 g/mol. The average Bonchev–Trinajstić information content (AvgIpc) is 4.14. The number of anilines is 1. The molecule has 5 fully saturated rings. The van der Waals surface area contributed by atoms with Gasteiger partial charge in [0.15, 0.2) is 0 Å². The van der Waals surface area contributed by atoms with Crippen LogP contribution < -0.4 is 26.6 Å². The summed E-state index contributed by atoms with van der Waals surface area (Å²) >= 11 is 6.26. The molecule has 1 saturated carbocycles. The van der Waals surface area contributed by atoms with Gasteiger partial charge in [0.1, 0.15) is 35.5 Å². The number of hydrogen-bond donors (Lipinski definition) is 5. The first kappa shape index (κ1) is 59.1. The number of hydrogen-bond acceptors (Lipinski definition) is 12. The van der Waals surface area contributed by atoms with Gasteiger partial charge >= 0.3 is 0 Å². The largest absolute Gasteiger partial charge is 0.380 e. The second-order valence-electron chi connectivity index (χ2n) is 23.3. The van der Waals surface area contributed by atoms with Crippen LogP contribution >= 0.6 is 11.6 Å². The van der Waals surface area contributed by atoms with E-state index in [9.17, 15) is 28.0 Å². The number of piperidine rings is 4. The Hall–Kier alpha value is -6.09. The van der Waals surface area contributed by atoms with Crippen LogP contribution in [-0.4, -0.2) is 156 Å². The standard InChI is InChI=1S/C62H80ClF2N11O6/c63-48-14-11-42(12-15-48)54(71-61(80)62(66)23-31-74(32-24-62)58-52-17-25-68-57(52)69-41-70-58)22-34-81-35-33-73-27-18-50(19-28-73)82-51-20-29-75(30-21-51)60(79)56(43-6-2-1-3-7-43)72-59(78)45-9-4-8-44(36-45)47-10-5-26-76(40-47)55(77)39-67-38-46-13-16-49(64)37-53(46)65/h4,8-9,11-17,25,36-37,41,43,47,50-51,54,56,67H,1-3,5-7,10,18-24,26-35,38-40,66H2,(H,71,80)(H,72,78)(H,68,69,70)/t47?,54-,56+/m0/s1. The molecule has 0 spiro atoms. The molecule has 20 heteroatoms. The number of aromatic amines is 1. The lowest BCUT2D eigenvalue weighted by molar-refractivity contribution is -0.139. The summed E-state index contributed by atoms with van der Waals surface area (Å²) in [7, 11) is 0. The van der Waals surface area contributed by atoms with E-state index in [4.69, 9.17) is 26.8 Å². The molecular formula is C62H80ClF2N11O6. The highest BCUT2D eigenvalue weighted by Gasteiger charge is 2.40. The Morgan fingerprint density at radius 2 is 1.55 bits per heavy atom. The van der Waals surface area contributed by atoms with Gasteiger partial charge in [-0.3, -0.25) is 19.2 Å². The molecule has 1 unspecified atom stereocenters. The smallest absolute Gasteiger partial charge is 0.251 e. The fourth-order valence-corrected chi connectivity index (χ4v) is 12.9.